The zero-order chi connectivity index (χ0) is 13.2. The summed E-state index contributed by atoms with van der Waals surface area (Å²) in [6.07, 6.45) is 1.95. The molecular weight excluding hydrogens is 228 g/mol. The molecule has 0 radical (unpaired) electrons. The van der Waals surface area contributed by atoms with E-state index in [0.29, 0.717) is 6.61 Å². The van der Waals surface area contributed by atoms with Crippen LogP contribution in [0, 0.1) is 5.41 Å². The van der Waals surface area contributed by atoms with Crippen molar-refractivity contribution < 1.29 is 9.53 Å². The average molecular weight is 246 g/mol. The SMILES string of the molecule is CCOc1ccccc1/C=C1\NNC(=O)C1(C)C. The summed E-state index contributed by atoms with van der Waals surface area (Å²) >= 11 is 0. The fraction of sp³-hybridized carbons (Fsp3) is 0.357. The standard InChI is InChI=1S/C14H18N2O2/c1-4-18-11-8-6-5-7-10(11)9-12-14(2,3)13(17)16-15-12/h5-9,15H,4H2,1-3H3,(H,16,17)/b12-9-. The van der Waals surface area contributed by atoms with Crippen molar-refractivity contribution >= 4 is 12.0 Å². The Morgan fingerprint density at radius 3 is 2.61 bits per heavy atom. The molecule has 1 aliphatic rings. The number of amides is 1. The topological polar surface area (TPSA) is 50.4 Å². The second kappa shape index (κ2) is 4.72. The third-order valence-corrected chi connectivity index (χ3v) is 3.07. The van der Waals surface area contributed by atoms with Gasteiger partial charge in [0.1, 0.15) is 5.75 Å². The van der Waals surface area contributed by atoms with Gasteiger partial charge in [-0.25, -0.2) is 0 Å². The number of nitrogens with one attached hydrogen (secondary N) is 2. The zero-order valence-corrected chi connectivity index (χ0v) is 10.9. The van der Waals surface area contributed by atoms with E-state index in [1.165, 1.54) is 0 Å². The largest absolute Gasteiger partial charge is 0.493 e. The molecular formula is C14H18N2O2. The van der Waals surface area contributed by atoms with E-state index in [4.69, 9.17) is 4.74 Å². The minimum Gasteiger partial charge on any atom is -0.493 e. The Morgan fingerprint density at radius 1 is 1.28 bits per heavy atom. The van der Waals surface area contributed by atoms with Crippen molar-refractivity contribution in [3.05, 3.63) is 35.5 Å². The molecule has 0 aliphatic carbocycles. The molecule has 1 fully saturated rings. The third kappa shape index (κ3) is 2.18. The summed E-state index contributed by atoms with van der Waals surface area (Å²) in [7, 11) is 0. The summed E-state index contributed by atoms with van der Waals surface area (Å²) < 4.78 is 5.56. The number of hydrogen-bond acceptors (Lipinski definition) is 3. The fourth-order valence-corrected chi connectivity index (χ4v) is 1.82. The van der Waals surface area contributed by atoms with Crippen LogP contribution in [0.5, 0.6) is 5.75 Å². The van der Waals surface area contributed by atoms with Crippen LogP contribution in [-0.2, 0) is 4.79 Å². The smallest absolute Gasteiger partial charge is 0.249 e. The van der Waals surface area contributed by atoms with Crippen molar-refractivity contribution in [3.63, 3.8) is 0 Å². The normalized spacial score (nSPS) is 19.5. The van der Waals surface area contributed by atoms with Crippen LogP contribution in [0.4, 0.5) is 0 Å². The molecule has 2 rings (SSSR count). The monoisotopic (exact) mass is 246 g/mol. The highest BCUT2D eigenvalue weighted by Crippen LogP contribution is 2.31. The molecule has 1 saturated heterocycles. The molecule has 1 heterocycles. The predicted octanol–water partition coefficient (Wildman–Crippen LogP) is 2.09. The van der Waals surface area contributed by atoms with Gasteiger partial charge in [-0.05, 0) is 32.9 Å². The number of para-hydroxylation sites is 1. The summed E-state index contributed by atoms with van der Waals surface area (Å²) in [6, 6.07) is 7.78. The molecule has 1 aliphatic heterocycles. The van der Waals surface area contributed by atoms with Gasteiger partial charge >= 0.3 is 0 Å². The van der Waals surface area contributed by atoms with Crippen molar-refractivity contribution in [2.45, 2.75) is 20.8 Å². The summed E-state index contributed by atoms with van der Waals surface area (Å²) in [5.41, 5.74) is 6.82. The number of hydrogen-bond donors (Lipinski definition) is 2. The van der Waals surface area contributed by atoms with E-state index in [2.05, 4.69) is 10.9 Å². The summed E-state index contributed by atoms with van der Waals surface area (Å²) in [4.78, 5) is 11.7. The number of carbonyl (C=O) groups excluding carboxylic acids is 1. The lowest BCUT2D eigenvalue weighted by atomic mass is 9.89. The highest BCUT2D eigenvalue weighted by molar-refractivity contribution is 5.89. The number of hydrazine groups is 1. The minimum absolute atomic E-state index is 0.0253. The van der Waals surface area contributed by atoms with Gasteiger partial charge in [-0.3, -0.25) is 10.2 Å². The highest BCUT2D eigenvalue weighted by atomic mass is 16.5. The van der Waals surface area contributed by atoms with Gasteiger partial charge in [0.2, 0.25) is 5.91 Å². The molecule has 0 unspecified atom stereocenters. The molecule has 2 N–H and O–H groups in total. The van der Waals surface area contributed by atoms with Crippen LogP contribution in [0.2, 0.25) is 0 Å². The second-order valence-electron chi connectivity index (χ2n) is 4.73. The molecule has 0 spiro atoms. The lowest BCUT2D eigenvalue weighted by Crippen LogP contribution is -2.28. The maximum Gasteiger partial charge on any atom is 0.249 e. The van der Waals surface area contributed by atoms with Crippen molar-refractivity contribution in [2.75, 3.05) is 6.61 Å². The molecule has 96 valence electrons. The maximum atomic E-state index is 11.7. The first-order valence-corrected chi connectivity index (χ1v) is 6.06. The van der Waals surface area contributed by atoms with Gasteiger partial charge in [-0.15, -0.1) is 0 Å². The predicted molar refractivity (Wildman–Crippen MR) is 70.6 cm³/mol. The summed E-state index contributed by atoms with van der Waals surface area (Å²) in [5.74, 6) is 0.798. The van der Waals surface area contributed by atoms with Crippen molar-refractivity contribution in [1.82, 2.24) is 10.9 Å². The Hall–Kier alpha value is -1.97. The molecule has 4 nitrogen and oxygen atoms in total. The minimum atomic E-state index is -0.542. The van der Waals surface area contributed by atoms with Gasteiger partial charge in [0, 0.05) is 11.3 Å². The Kier molecular flexibility index (Phi) is 3.28. The summed E-state index contributed by atoms with van der Waals surface area (Å²) in [5, 5.41) is 0. The van der Waals surface area contributed by atoms with Crippen molar-refractivity contribution in [2.24, 2.45) is 5.41 Å². The molecule has 0 atom stereocenters. The first-order chi connectivity index (χ1) is 8.55. The van der Waals surface area contributed by atoms with E-state index in [1.54, 1.807) is 0 Å². The van der Waals surface area contributed by atoms with Gasteiger partial charge in [0.05, 0.1) is 12.0 Å². The van der Waals surface area contributed by atoms with Crippen LogP contribution in [0.25, 0.3) is 6.08 Å². The Labute approximate surface area is 107 Å². The van der Waals surface area contributed by atoms with Gasteiger partial charge in [0.25, 0.3) is 0 Å². The van der Waals surface area contributed by atoms with Crippen molar-refractivity contribution in [3.8, 4) is 5.75 Å². The van der Waals surface area contributed by atoms with Crippen LogP contribution >= 0.6 is 0 Å². The van der Waals surface area contributed by atoms with Crippen LogP contribution in [-0.4, -0.2) is 12.5 Å². The van der Waals surface area contributed by atoms with Crippen LogP contribution in [0.3, 0.4) is 0 Å². The second-order valence-corrected chi connectivity index (χ2v) is 4.73. The molecule has 18 heavy (non-hydrogen) atoms. The molecule has 4 heteroatoms. The Balaban J connectivity index is 2.36. The van der Waals surface area contributed by atoms with Gasteiger partial charge in [-0.1, -0.05) is 18.2 Å². The quantitative estimate of drug-likeness (QED) is 0.858. The summed E-state index contributed by atoms with van der Waals surface area (Å²) in [6.45, 7) is 6.34. The first-order valence-electron chi connectivity index (χ1n) is 6.06. The van der Waals surface area contributed by atoms with Crippen LogP contribution in [0.1, 0.15) is 26.3 Å². The van der Waals surface area contributed by atoms with Crippen LogP contribution in [0.15, 0.2) is 30.0 Å². The van der Waals surface area contributed by atoms with Crippen molar-refractivity contribution in [1.29, 1.82) is 0 Å². The lowest BCUT2D eigenvalue weighted by Gasteiger charge is -2.15. The number of ether oxygens (including phenoxy) is 1. The lowest BCUT2D eigenvalue weighted by molar-refractivity contribution is -0.125. The molecule has 1 aromatic carbocycles. The van der Waals surface area contributed by atoms with Crippen LogP contribution < -0.4 is 15.6 Å². The molecule has 0 aromatic heterocycles. The highest BCUT2D eigenvalue weighted by Gasteiger charge is 2.37. The molecule has 0 bridgehead atoms. The maximum absolute atomic E-state index is 11.7. The number of carbonyl (C=O) groups is 1. The number of benzene rings is 1. The fourth-order valence-electron chi connectivity index (χ4n) is 1.82. The Bertz CT molecular complexity index is 492. The molecule has 1 amide bonds. The molecule has 1 aromatic rings. The third-order valence-electron chi connectivity index (χ3n) is 3.07. The Morgan fingerprint density at radius 2 is 2.00 bits per heavy atom. The van der Waals surface area contributed by atoms with E-state index in [1.807, 2.05) is 51.1 Å². The van der Waals surface area contributed by atoms with E-state index in [0.717, 1.165) is 17.0 Å². The van der Waals surface area contributed by atoms with Gasteiger partial charge in [-0.2, -0.15) is 0 Å². The number of rotatable bonds is 3. The van der Waals surface area contributed by atoms with E-state index in [-0.39, 0.29) is 5.91 Å². The molecule has 0 saturated carbocycles. The van der Waals surface area contributed by atoms with Gasteiger partial charge < -0.3 is 10.2 Å². The van der Waals surface area contributed by atoms with E-state index in [9.17, 15) is 4.79 Å². The zero-order valence-electron chi connectivity index (χ0n) is 10.9. The van der Waals surface area contributed by atoms with E-state index < -0.39 is 5.41 Å². The van der Waals surface area contributed by atoms with Gasteiger partial charge in [0.15, 0.2) is 0 Å². The van der Waals surface area contributed by atoms with E-state index >= 15 is 0 Å². The average Bonchev–Trinajstić information content (AvgIpc) is 2.59. The first kappa shape index (κ1) is 12.5.